The third kappa shape index (κ3) is 3.91. The largest absolute Gasteiger partial charge is 1.00 e. The molecule has 0 unspecified atom stereocenters. The molecule has 0 fully saturated rings. The Balaban J connectivity index is 0.00000121. The number of ether oxygens (including phenoxy) is 1. The van der Waals surface area contributed by atoms with Gasteiger partial charge in [0.25, 0.3) is 0 Å². The third-order valence-electron chi connectivity index (χ3n) is 1.21. The van der Waals surface area contributed by atoms with E-state index in [0.717, 1.165) is 0 Å². The maximum absolute atomic E-state index is 11.0. The van der Waals surface area contributed by atoms with Gasteiger partial charge in [-0.3, -0.25) is 0 Å². The second kappa shape index (κ2) is 5.99. The van der Waals surface area contributed by atoms with Crippen molar-refractivity contribution in [1.82, 2.24) is 0 Å². The van der Waals surface area contributed by atoms with E-state index >= 15 is 0 Å². The molecule has 1 aromatic carbocycles. The minimum atomic E-state index is -0.0544. The predicted molar refractivity (Wildman–Crippen MR) is 41.7 cm³/mol. The summed E-state index contributed by atoms with van der Waals surface area (Å²) in [6.07, 6.45) is 0.0603. The first-order valence-corrected chi connectivity index (χ1v) is 3.63. The quantitative estimate of drug-likeness (QED) is 0.535. The number of hydrogen-bond donors (Lipinski definition) is 0. The van der Waals surface area contributed by atoms with Crippen LogP contribution in [0.15, 0.2) is 24.3 Å². The minimum absolute atomic E-state index is 0. The number of benzene rings is 1. The predicted octanol–water partition coefficient (Wildman–Crippen LogP) is -1.45. The molecule has 12 heavy (non-hydrogen) atoms. The summed E-state index contributed by atoms with van der Waals surface area (Å²) in [4.78, 5) is 0. The normalized spacial score (nSPS) is 9.25. The van der Waals surface area contributed by atoms with Crippen molar-refractivity contribution in [3.8, 4) is 11.5 Å². The van der Waals surface area contributed by atoms with Crippen molar-refractivity contribution < 1.29 is 61.2 Å². The van der Waals surface area contributed by atoms with Crippen molar-refractivity contribution in [2.45, 2.75) is 20.0 Å². The fourth-order valence-electron chi connectivity index (χ4n) is 0.801. The van der Waals surface area contributed by atoms with Gasteiger partial charge in [-0.15, -0.1) is 0 Å². The molecule has 1 rings (SSSR count). The fourth-order valence-corrected chi connectivity index (χ4v) is 0.801. The Bertz CT molecular complexity index is 236. The Morgan fingerprint density at radius 3 is 2.33 bits per heavy atom. The van der Waals surface area contributed by atoms with Gasteiger partial charge in [0.15, 0.2) is 0 Å². The summed E-state index contributed by atoms with van der Waals surface area (Å²) in [6, 6.07) is 6.68. The number of rotatable bonds is 2. The van der Waals surface area contributed by atoms with E-state index < -0.39 is 0 Å². The summed E-state index contributed by atoms with van der Waals surface area (Å²) in [5, 5.41) is 11.0. The van der Waals surface area contributed by atoms with Crippen LogP contribution in [0.3, 0.4) is 0 Å². The molecule has 0 aliphatic carbocycles. The summed E-state index contributed by atoms with van der Waals surface area (Å²) >= 11 is 0. The van der Waals surface area contributed by atoms with Crippen molar-refractivity contribution in [2.24, 2.45) is 0 Å². The first kappa shape index (κ1) is 12.5. The molecule has 0 saturated carbocycles. The van der Waals surface area contributed by atoms with E-state index in [1.807, 2.05) is 13.8 Å². The second-order valence-corrected chi connectivity index (χ2v) is 2.61. The smallest absolute Gasteiger partial charge is 0.870 e. The summed E-state index contributed by atoms with van der Waals surface area (Å²) < 4.78 is 5.23. The number of para-hydroxylation sites is 2. The first-order chi connectivity index (χ1) is 5.20. The van der Waals surface area contributed by atoms with Crippen LogP contribution in [0, 0.1) is 0 Å². The molecule has 0 N–H and O–H groups in total. The maximum Gasteiger partial charge on any atom is 1.00 e. The van der Waals surface area contributed by atoms with E-state index in [0.29, 0.717) is 5.75 Å². The van der Waals surface area contributed by atoms with Gasteiger partial charge >= 0.3 is 51.4 Å². The SMILES string of the molecule is CC(C)Oc1ccccc1[O-].[K+]. The third-order valence-corrected chi connectivity index (χ3v) is 1.21. The van der Waals surface area contributed by atoms with Gasteiger partial charge in [0.05, 0.1) is 6.10 Å². The van der Waals surface area contributed by atoms with Crippen molar-refractivity contribution >= 4 is 0 Å². The summed E-state index contributed by atoms with van der Waals surface area (Å²) in [5.74, 6) is 0.378. The molecule has 0 aromatic heterocycles. The van der Waals surface area contributed by atoms with Crippen LogP contribution in [0.5, 0.6) is 11.5 Å². The van der Waals surface area contributed by atoms with Gasteiger partial charge in [0.1, 0.15) is 5.75 Å². The molecule has 60 valence electrons. The standard InChI is InChI=1S/C9H12O2.K/c1-7(2)11-9-6-4-3-5-8(9)10;/h3-7,10H,1-2H3;/q;+1/p-1. The molecule has 0 bridgehead atoms. The van der Waals surface area contributed by atoms with Gasteiger partial charge in [-0.1, -0.05) is 23.9 Å². The first-order valence-electron chi connectivity index (χ1n) is 3.63. The molecule has 1 aromatic rings. The molecule has 0 amide bonds. The minimum Gasteiger partial charge on any atom is -0.870 e. The average Bonchev–Trinajstić information content (AvgIpc) is 1.93. The second-order valence-electron chi connectivity index (χ2n) is 2.61. The summed E-state index contributed by atoms with van der Waals surface area (Å²) in [5.41, 5.74) is 0. The van der Waals surface area contributed by atoms with Crippen LogP contribution in [0.25, 0.3) is 0 Å². The van der Waals surface area contributed by atoms with Crippen molar-refractivity contribution in [3.05, 3.63) is 24.3 Å². The molecule has 0 spiro atoms. The monoisotopic (exact) mass is 190 g/mol. The van der Waals surface area contributed by atoms with Crippen molar-refractivity contribution in [1.29, 1.82) is 0 Å². The van der Waals surface area contributed by atoms with Crippen LogP contribution in [0.2, 0.25) is 0 Å². The van der Waals surface area contributed by atoms with Crippen LogP contribution in [-0.4, -0.2) is 6.10 Å². The van der Waals surface area contributed by atoms with Crippen LogP contribution in [-0.2, 0) is 0 Å². The average molecular weight is 190 g/mol. The van der Waals surface area contributed by atoms with E-state index in [-0.39, 0.29) is 63.2 Å². The van der Waals surface area contributed by atoms with Gasteiger partial charge in [-0.25, -0.2) is 0 Å². The Kier molecular flexibility index (Phi) is 6.22. The maximum atomic E-state index is 11.0. The molecule has 0 radical (unpaired) electrons. The van der Waals surface area contributed by atoms with E-state index in [2.05, 4.69) is 0 Å². The van der Waals surface area contributed by atoms with E-state index in [1.54, 1.807) is 18.2 Å². The summed E-state index contributed by atoms with van der Waals surface area (Å²) in [7, 11) is 0. The molecule has 3 heteroatoms. The molecule has 0 aliphatic rings. The fraction of sp³-hybridized carbons (Fsp3) is 0.333. The molecular formula is C9H11KO2. The number of hydrogen-bond acceptors (Lipinski definition) is 2. The zero-order chi connectivity index (χ0) is 8.27. The zero-order valence-corrected chi connectivity index (χ0v) is 10.8. The van der Waals surface area contributed by atoms with Crippen LogP contribution < -0.4 is 61.2 Å². The Labute approximate surface area is 115 Å². The van der Waals surface area contributed by atoms with Crippen LogP contribution >= 0.6 is 0 Å². The van der Waals surface area contributed by atoms with Crippen LogP contribution in [0.1, 0.15) is 13.8 Å². The van der Waals surface area contributed by atoms with Gasteiger partial charge in [0, 0.05) is 0 Å². The van der Waals surface area contributed by atoms with E-state index in [1.165, 1.54) is 6.07 Å². The molecule has 0 saturated heterocycles. The molecule has 0 heterocycles. The molecule has 2 nitrogen and oxygen atoms in total. The molecule has 0 atom stereocenters. The molecular weight excluding hydrogens is 179 g/mol. The topological polar surface area (TPSA) is 32.3 Å². The molecule has 0 aliphatic heterocycles. The van der Waals surface area contributed by atoms with Crippen molar-refractivity contribution in [2.75, 3.05) is 0 Å². The van der Waals surface area contributed by atoms with Gasteiger partial charge in [0.2, 0.25) is 0 Å². The van der Waals surface area contributed by atoms with E-state index in [4.69, 9.17) is 4.74 Å². The Hall–Kier alpha value is 0.456. The Morgan fingerprint density at radius 2 is 1.83 bits per heavy atom. The summed E-state index contributed by atoms with van der Waals surface area (Å²) in [6.45, 7) is 3.79. The van der Waals surface area contributed by atoms with Crippen molar-refractivity contribution in [3.63, 3.8) is 0 Å². The Morgan fingerprint density at radius 1 is 1.25 bits per heavy atom. The van der Waals surface area contributed by atoms with Gasteiger partial charge in [-0.2, -0.15) is 0 Å². The van der Waals surface area contributed by atoms with Gasteiger partial charge in [-0.05, 0) is 19.9 Å². The van der Waals surface area contributed by atoms with Gasteiger partial charge < -0.3 is 9.84 Å². The van der Waals surface area contributed by atoms with Crippen LogP contribution in [0.4, 0.5) is 0 Å². The van der Waals surface area contributed by atoms with E-state index in [9.17, 15) is 5.11 Å². The zero-order valence-electron chi connectivity index (χ0n) is 7.70.